The van der Waals surface area contributed by atoms with E-state index in [1.807, 2.05) is 62.3 Å². The Balaban J connectivity index is 2.47. The molecule has 0 amide bonds. The molecule has 0 aliphatic carbocycles. The number of carbonyl (C=O) groups excluding carboxylic acids is 1. The van der Waals surface area contributed by atoms with Crippen molar-refractivity contribution in [1.82, 2.24) is 9.78 Å². The number of rotatable bonds is 3. The molecule has 1 aliphatic heterocycles. The van der Waals surface area contributed by atoms with Crippen molar-refractivity contribution in [2.24, 2.45) is 0 Å². The van der Waals surface area contributed by atoms with Crippen molar-refractivity contribution in [2.75, 3.05) is 0 Å². The summed E-state index contributed by atoms with van der Waals surface area (Å²) in [5, 5.41) is 4.51. The lowest BCUT2D eigenvalue weighted by Crippen LogP contribution is -2.41. The van der Waals surface area contributed by atoms with Crippen molar-refractivity contribution in [3.05, 3.63) is 11.4 Å². The number of carbonyl (C=O) groups is 1. The van der Waals surface area contributed by atoms with E-state index in [-0.39, 0.29) is 0 Å². The molecule has 25 heavy (non-hydrogen) atoms. The highest BCUT2D eigenvalue weighted by molar-refractivity contribution is 6.63. The predicted octanol–water partition coefficient (Wildman–Crippen LogP) is 3.09. The van der Waals surface area contributed by atoms with Gasteiger partial charge in [-0.1, -0.05) is 13.8 Å². The van der Waals surface area contributed by atoms with Gasteiger partial charge in [-0.25, -0.2) is 4.79 Å². The first-order valence-corrected chi connectivity index (χ1v) is 9.02. The van der Waals surface area contributed by atoms with Gasteiger partial charge in [0.2, 0.25) is 0 Å². The summed E-state index contributed by atoms with van der Waals surface area (Å²) in [6.07, 6.45) is 0.843. The molecule has 0 bridgehead atoms. The summed E-state index contributed by atoms with van der Waals surface area (Å²) in [6, 6.07) is 0. The molecule has 6 nitrogen and oxygen atoms in total. The van der Waals surface area contributed by atoms with E-state index in [0.29, 0.717) is 12.8 Å². The molecule has 1 saturated heterocycles. The highest BCUT2D eigenvalue weighted by Gasteiger charge is 2.53. The molecule has 2 heterocycles. The van der Waals surface area contributed by atoms with Gasteiger partial charge in [0.05, 0.1) is 22.6 Å². The minimum atomic E-state index is -0.578. The standard InChI is InChI=1S/C18H31BN2O4/c1-10-12-14(19-24-17(6,7)18(8,9)25-19)13(11-2)21(20-12)15(22)23-16(3,4)5/h10-11H2,1-9H3. The van der Waals surface area contributed by atoms with Crippen LogP contribution in [-0.4, -0.2) is 39.8 Å². The summed E-state index contributed by atoms with van der Waals surface area (Å²) < 4.78 is 19.3. The van der Waals surface area contributed by atoms with Crippen molar-refractivity contribution in [1.29, 1.82) is 0 Å². The molecule has 0 aromatic carbocycles. The Labute approximate surface area is 151 Å². The van der Waals surface area contributed by atoms with Crippen LogP contribution in [-0.2, 0) is 26.9 Å². The highest BCUT2D eigenvalue weighted by atomic mass is 16.7. The molecule has 1 fully saturated rings. The lowest BCUT2D eigenvalue weighted by Gasteiger charge is -2.32. The van der Waals surface area contributed by atoms with Crippen molar-refractivity contribution >= 4 is 18.7 Å². The molecular weight excluding hydrogens is 319 g/mol. The second-order valence-corrected chi connectivity index (χ2v) is 8.49. The van der Waals surface area contributed by atoms with E-state index in [4.69, 9.17) is 14.0 Å². The quantitative estimate of drug-likeness (QED) is 0.784. The fraction of sp³-hybridized carbons (Fsp3) is 0.778. The van der Waals surface area contributed by atoms with Gasteiger partial charge >= 0.3 is 13.2 Å². The van der Waals surface area contributed by atoms with Crippen LogP contribution < -0.4 is 5.46 Å². The van der Waals surface area contributed by atoms with Crippen LogP contribution in [0.15, 0.2) is 0 Å². The second kappa shape index (κ2) is 6.43. The average Bonchev–Trinajstić information content (AvgIpc) is 2.91. The lowest BCUT2D eigenvalue weighted by molar-refractivity contribution is 0.00578. The van der Waals surface area contributed by atoms with Crippen molar-refractivity contribution in [3.63, 3.8) is 0 Å². The van der Waals surface area contributed by atoms with Crippen LogP contribution in [0.4, 0.5) is 4.79 Å². The first kappa shape index (κ1) is 20.0. The topological polar surface area (TPSA) is 62.6 Å². The molecule has 0 unspecified atom stereocenters. The Bertz CT molecular complexity index is 643. The monoisotopic (exact) mass is 350 g/mol. The second-order valence-electron chi connectivity index (χ2n) is 8.49. The predicted molar refractivity (Wildman–Crippen MR) is 98.3 cm³/mol. The maximum absolute atomic E-state index is 12.6. The molecule has 0 saturated carbocycles. The Morgan fingerprint density at radius 3 is 2.04 bits per heavy atom. The van der Waals surface area contributed by atoms with Crippen LogP contribution in [0.1, 0.15) is 73.7 Å². The van der Waals surface area contributed by atoms with E-state index in [1.54, 1.807) is 0 Å². The average molecular weight is 350 g/mol. The van der Waals surface area contributed by atoms with Crippen LogP contribution in [0.5, 0.6) is 0 Å². The summed E-state index contributed by atoms with van der Waals surface area (Å²) in [6.45, 7) is 17.6. The molecule has 0 atom stereocenters. The first-order chi connectivity index (χ1) is 11.3. The third-order valence-electron chi connectivity index (χ3n) is 4.82. The van der Waals surface area contributed by atoms with Gasteiger partial charge in [0.25, 0.3) is 0 Å². The lowest BCUT2D eigenvalue weighted by atomic mass is 9.76. The minimum Gasteiger partial charge on any atom is -0.442 e. The van der Waals surface area contributed by atoms with Gasteiger partial charge in [0.15, 0.2) is 0 Å². The number of ether oxygens (including phenoxy) is 1. The molecule has 0 N–H and O–H groups in total. The zero-order valence-corrected chi connectivity index (χ0v) is 17.0. The first-order valence-electron chi connectivity index (χ1n) is 9.02. The summed E-state index contributed by atoms with van der Waals surface area (Å²) in [5.41, 5.74) is 0.981. The molecule has 2 rings (SSSR count). The molecule has 7 heteroatoms. The fourth-order valence-corrected chi connectivity index (χ4v) is 2.81. The Morgan fingerprint density at radius 2 is 1.64 bits per heavy atom. The van der Waals surface area contributed by atoms with Gasteiger partial charge < -0.3 is 14.0 Å². The van der Waals surface area contributed by atoms with Crippen LogP contribution >= 0.6 is 0 Å². The van der Waals surface area contributed by atoms with Crippen LogP contribution in [0, 0.1) is 0 Å². The van der Waals surface area contributed by atoms with E-state index in [9.17, 15) is 4.79 Å². The van der Waals surface area contributed by atoms with E-state index in [1.165, 1.54) is 4.68 Å². The molecule has 0 spiro atoms. The Hall–Kier alpha value is -1.34. The van der Waals surface area contributed by atoms with Crippen molar-refractivity contribution in [2.45, 2.75) is 92.0 Å². The molecule has 140 valence electrons. The maximum atomic E-state index is 12.6. The summed E-state index contributed by atoms with van der Waals surface area (Å²) in [4.78, 5) is 12.6. The van der Waals surface area contributed by atoms with Crippen LogP contribution in [0.3, 0.4) is 0 Å². The van der Waals surface area contributed by atoms with Gasteiger partial charge in [-0.3, -0.25) is 0 Å². The summed E-state index contributed by atoms with van der Waals surface area (Å²) in [5.74, 6) is 0. The van der Waals surface area contributed by atoms with Gasteiger partial charge in [0, 0.05) is 5.46 Å². The Kier molecular flexibility index (Phi) is 5.14. The molecule has 1 aromatic rings. The number of aryl methyl sites for hydroxylation is 1. The number of hydrogen-bond donors (Lipinski definition) is 0. The zero-order valence-electron chi connectivity index (χ0n) is 17.0. The molecular formula is C18H31BN2O4. The third kappa shape index (κ3) is 3.77. The molecule has 0 radical (unpaired) electrons. The smallest absolute Gasteiger partial charge is 0.442 e. The normalized spacial score (nSPS) is 19.3. The van der Waals surface area contributed by atoms with E-state index >= 15 is 0 Å². The maximum Gasteiger partial charge on any atom is 0.498 e. The Morgan fingerprint density at radius 1 is 1.12 bits per heavy atom. The van der Waals surface area contributed by atoms with Crippen LogP contribution in [0.2, 0.25) is 0 Å². The summed E-state index contributed by atoms with van der Waals surface area (Å²) >= 11 is 0. The third-order valence-corrected chi connectivity index (χ3v) is 4.82. The van der Waals surface area contributed by atoms with Gasteiger partial charge in [-0.15, -0.1) is 0 Å². The minimum absolute atomic E-state index is 0.443. The highest BCUT2D eigenvalue weighted by Crippen LogP contribution is 2.37. The molecule has 1 aliphatic rings. The molecule has 1 aromatic heterocycles. The van der Waals surface area contributed by atoms with Gasteiger partial charge in [-0.05, 0) is 61.3 Å². The SMILES string of the molecule is CCc1nn(C(=O)OC(C)(C)C)c(CC)c1B1OC(C)(C)C(C)(C)O1. The van der Waals surface area contributed by atoms with Crippen molar-refractivity contribution in [3.8, 4) is 0 Å². The number of hydrogen-bond acceptors (Lipinski definition) is 5. The van der Waals surface area contributed by atoms with Crippen LogP contribution in [0.25, 0.3) is 0 Å². The van der Waals surface area contributed by atoms with Gasteiger partial charge in [0.1, 0.15) is 5.60 Å². The van der Waals surface area contributed by atoms with E-state index in [0.717, 1.165) is 16.9 Å². The van der Waals surface area contributed by atoms with E-state index in [2.05, 4.69) is 5.10 Å². The zero-order chi connectivity index (χ0) is 19.2. The van der Waals surface area contributed by atoms with E-state index < -0.39 is 30.0 Å². The largest absolute Gasteiger partial charge is 0.498 e. The fourth-order valence-electron chi connectivity index (χ4n) is 2.81. The van der Waals surface area contributed by atoms with Gasteiger partial charge in [-0.2, -0.15) is 9.78 Å². The number of aromatic nitrogens is 2. The summed E-state index contributed by atoms with van der Waals surface area (Å²) in [7, 11) is -0.536. The number of nitrogens with zero attached hydrogens (tertiary/aromatic N) is 2. The van der Waals surface area contributed by atoms with Crippen molar-refractivity contribution < 1.29 is 18.8 Å².